The summed E-state index contributed by atoms with van der Waals surface area (Å²) in [5.74, 6) is 2.24. The lowest BCUT2D eigenvalue weighted by Crippen LogP contribution is -2.01. The average Bonchev–Trinajstić information content (AvgIpc) is 2.81. The van der Waals surface area contributed by atoms with Crippen molar-refractivity contribution < 1.29 is 19.3 Å². The van der Waals surface area contributed by atoms with E-state index < -0.39 is 0 Å². The molecule has 0 spiro atoms. The van der Waals surface area contributed by atoms with E-state index in [1.54, 1.807) is 33.5 Å². The van der Waals surface area contributed by atoms with Crippen LogP contribution >= 0.6 is 0 Å². The predicted molar refractivity (Wildman–Crippen MR) is 130 cm³/mol. The summed E-state index contributed by atoms with van der Waals surface area (Å²) >= 11 is 0. The first-order chi connectivity index (χ1) is 15.5. The molecular formula is C28H34O4. The van der Waals surface area contributed by atoms with E-state index in [1.807, 2.05) is 24.3 Å². The molecule has 170 valence electrons. The summed E-state index contributed by atoms with van der Waals surface area (Å²) in [5, 5.41) is 9.52. The zero-order valence-corrected chi connectivity index (χ0v) is 19.8. The molecule has 0 unspecified atom stereocenters. The summed E-state index contributed by atoms with van der Waals surface area (Å²) in [5.41, 5.74) is 7.56. The van der Waals surface area contributed by atoms with Crippen molar-refractivity contribution in [1.29, 1.82) is 0 Å². The van der Waals surface area contributed by atoms with Crippen molar-refractivity contribution in [2.45, 2.75) is 46.0 Å². The fourth-order valence-electron chi connectivity index (χ4n) is 4.33. The number of ether oxygens (including phenoxy) is 3. The van der Waals surface area contributed by atoms with Crippen LogP contribution in [0.1, 0.15) is 42.0 Å². The zero-order valence-electron chi connectivity index (χ0n) is 19.8. The Balaban J connectivity index is 2.00. The monoisotopic (exact) mass is 434 g/mol. The number of methoxy groups -OCH3 is 3. The average molecular weight is 435 g/mol. The van der Waals surface area contributed by atoms with Crippen molar-refractivity contribution in [1.82, 2.24) is 0 Å². The lowest BCUT2D eigenvalue weighted by molar-refractivity contribution is 0.324. The Kier molecular flexibility index (Phi) is 8.04. The summed E-state index contributed by atoms with van der Waals surface area (Å²) in [4.78, 5) is 0. The van der Waals surface area contributed by atoms with Gasteiger partial charge in [0, 0.05) is 0 Å². The first kappa shape index (κ1) is 23.5. The lowest BCUT2D eigenvalue weighted by Gasteiger charge is -2.20. The van der Waals surface area contributed by atoms with E-state index in [0.29, 0.717) is 23.0 Å². The van der Waals surface area contributed by atoms with Crippen LogP contribution in [0.2, 0.25) is 0 Å². The van der Waals surface area contributed by atoms with Gasteiger partial charge in [0.15, 0.2) is 11.5 Å². The van der Waals surface area contributed by atoms with Crippen molar-refractivity contribution >= 4 is 0 Å². The third-order valence-corrected chi connectivity index (χ3v) is 5.98. The van der Waals surface area contributed by atoms with Gasteiger partial charge in [0.05, 0.1) is 21.3 Å². The van der Waals surface area contributed by atoms with Gasteiger partial charge in [-0.15, -0.1) is 0 Å². The van der Waals surface area contributed by atoms with Crippen LogP contribution in [-0.4, -0.2) is 26.4 Å². The van der Waals surface area contributed by atoms with E-state index in [0.717, 1.165) is 37.7 Å². The summed E-state index contributed by atoms with van der Waals surface area (Å²) < 4.78 is 16.8. The molecule has 1 N–H and O–H groups in total. The molecule has 32 heavy (non-hydrogen) atoms. The molecule has 0 saturated heterocycles. The number of aryl methyl sites for hydroxylation is 3. The molecule has 4 nitrogen and oxygen atoms in total. The third-order valence-electron chi connectivity index (χ3n) is 5.98. The fraction of sp³-hybridized carbons (Fsp3) is 0.357. The molecule has 0 aromatic heterocycles. The van der Waals surface area contributed by atoms with Crippen LogP contribution in [0.3, 0.4) is 0 Å². The molecule has 0 fully saturated rings. The van der Waals surface area contributed by atoms with Crippen molar-refractivity contribution in [3.63, 3.8) is 0 Å². The van der Waals surface area contributed by atoms with Gasteiger partial charge in [0.2, 0.25) is 5.75 Å². The highest BCUT2D eigenvalue weighted by Crippen LogP contribution is 2.43. The van der Waals surface area contributed by atoms with Crippen molar-refractivity contribution in [2.75, 3.05) is 21.3 Å². The van der Waals surface area contributed by atoms with Gasteiger partial charge in [0.25, 0.3) is 0 Å². The molecule has 0 atom stereocenters. The number of phenolic OH excluding ortho intramolecular Hbond substituents is 1. The largest absolute Gasteiger partial charge is 0.508 e. The maximum absolute atomic E-state index is 9.52. The van der Waals surface area contributed by atoms with Gasteiger partial charge in [-0.2, -0.15) is 0 Å². The smallest absolute Gasteiger partial charge is 0.203 e. The predicted octanol–water partition coefficient (Wildman–Crippen LogP) is 6.52. The van der Waals surface area contributed by atoms with E-state index >= 15 is 0 Å². The van der Waals surface area contributed by atoms with E-state index in [-0.39, 0.29) is 0 Å². The summed E-state index contributed by atoms with van der Waals surface area (Å²) in [7, 11) is 4.93. The molecule has 0 aliphatic carbocycles. The van der Waals surface area contributed by atoms with Crippen LogP contribution in [0.5, 0.6) is 23.0 Å². The number of hydrogen-bond donors (Lipinski definition) is 1. The third kappa shape index (κ3) is 5.18. The van der Waals surface area contributed by atoms with Crippen LogP contribution in [0.15, 0.2) is 48.5 Å². The Morgan fingerprint density at radius 2 is 1.38 bits per heavy atom. The van der Waals surface area contributed by atoms with Gasteiger partial charge in [-0.3, -0.25) is 0 Å². The lowest BCUT2D eigenvalue weighted by atomic mass is 9.87. The second-order valence-electron chi connectivity index (χ2n) is 8.07. The Bertz CT molecular complexity index is 1010. The maximum Gasteiger partial charge on any atom is 0.203 e. The first-order valence-electron chi connectivity index (χ1n) is 11.2. The van der Waals surface area contributed by atoms with Crippen molar-refractivity contribution in [2.24, 2.45) is 0 Å². The highest BCUT2D eigenvalue weighted by atomic mass is 16.5. The van der Waals surface area contributed by atoms with Crippen LogP contribution in [0.4, 0.5) is 0 Å². The fourth-order valence-corrected chi connectivity index (χ4v) is 4.33. The van der Waals surface area contributed by atoms with Gasteiger partial charge in [-0.25, -0.2) is 0 Å². The van der Waals surface area contributed by atoms with Crippen LogP contribution in [-0.2, 0) is 19.3 Å². The number of rotatable bonds is 10. The van der Waals surface area contributed by atoms with Gasteiger partial charge in [0.1, 0.15) is 5.75 Å². The second kappa shape index (κ2) is 10.9. The molecule has 3 aromatic carbocycles. The molecule has 0 radical (unpaired) electrons. The second-order valence-corrected chi connectivity index (χ2v) is 8.07. The molecule has 0 aliphatic rings. The number of phenols is 1. The Hall–Kier alpha value is -3.14. The van der Waals surface area contributed by atoms with E-state index in [2.05, 4.69) is 26.0 Å². The minimum atomic E-state index is 0.306. The normalized spacial score (nSPS) is 10.8. The van der Waals surface area contributed by atoms with Gasteiger partial charge >= 0.3 is 0 Å². The zero-order chi connectivity index (χ0) is 23.1. The highest BCUT2D eigenvalue weighted by molar-refractivity contribution is 5.77. The summed E-state index contributed by atoms with van der Waals surface area (Å²) in [6.45, 7) is 4.43. The van der Waals surface area contributed by atoms with Crippen molar-refractivity contribution in [3.05, 3.63) is 70.8 Å². The van der Waals surface area contributed by atoms with E-state index in [4.69, 9.17) is 14.2 Å². The van der Waals surface area contributed by atoms with Gasteiger partial charge in [-0.05, 0) is 90.3 Å². The summed E-state index contributed by atoms with van der Waals surface area (Å²) in [6, 6.07) is 16.1. The number of hydrogen-bond acceptors (Lipinski definition) is 4. The molecule has 0 amide bonds. The van der Waals surface area contributed by atoms with Crippen LogP contribution < -0.4 is 14.2 Å². The quantitative estimate of drug-likeness (QED) is 0.394. The number of benzene rings is 3. The van der Waals surface area contributed by atoms with Gasteiger partial charge in [-0.1, -0.05) is 37.6 Å². The van der Waals surface area contributed by atoms with Crippen LogP contribution in [0, 0.1) is 6.92 Å². The van der Waals surface area contributed by atoms with E-state index in [1.165, 1.54) is 27.8 Å². The molecule has 0 aliphatic heterocycles. The minimum Gasteiger partial charge on any atom is -0.508 e. The molecule has 0 saturated carbocycles. The molecular weight excluding hydrogens is 400 g/mol. The molecule has 3 aromatic rings. The maximum atomic E-state index is 9.52. The SMILES string of the molecule is CCCc1ccc(CCCc2ccc(O)cc2)c(-c2cc(OC)c(OC)c(OC)c2)c1C. The standard InChI is InChI=1S/C28H34O4/c1-6-8-21-13-14-22(10-7-9-20-11-15-24(29)16-12-20)27(19(21)2)23-17-25(30-3)28(32-5)26(18-23)31-4/h11-18,29H,6-10H2,1-5H3. The Labute approximate surface area is 191 Å². The van der Waals surface area contributed by atoms with Gasteiger partial charge < -0.3 is 19.3 Å². The first-order valence-corrected chi connectivity index (χ1v) is 11.2. The topological polar surface area (TPSA) is 47.9 Å². The van der Waals surface area contributed by atoms with E-state index in [9.17, 15) is 5.11 Å². The molecule has 0 heterocycles. The highest BCUT2D eigenvalue weighted by Gasteiger charge is 2.18. The van der Waals surface area contributed by atoms with Crippen LogP contribution in [0.25, 0.3) is 11.1 Å². The molecule has 0 bridgehead atoms. The number of aromatic hydroxyl groups is 1. The minimum absolute atomic E-state index is 0.306. The molecule has 3 rings (SSSR count). The molecule has 4 heteroatoms. The Morgan fingerprint density at radius 1 is 0.750 bits per heavy atom. The van der Waals surface area contributed by atoms with Crippen molar-refractivity contribution in [3.8, 4) is 34.1 Å². The summed E-state index contributed by atoms with van der Waals surface area (Å²) in [6.07, 6.45) is 5.10. The Morgan fingerprint density at radius 3 is 1.94 bits per heavy atom.